The average Bonchev–Trinajstić information content (AvgIpc) is 2.69. The Balaban J connectivity index is 1.54. The van der Waals surface area contributed by atoms with Crippen molar-refractivity contribution in [1.82, 2.24) is 0 Å². The summed E-state index contributed by atoms with van der Waals surface area (Å²) in [6.45, 7) is 3.00. The second-order valence-electron chi connectivity index (χ2n) is 5.59. The smallest absolute Gasteiger partial charge is 0.343 e. The van der Waals surface area contributed by atoms with Crippen LogP contribution >= 0.6 is 0 Å². The van der Waals surface area contributed by atoms with E-state index in [1.165, 1.54) is 0 Å². The van der Waals surface area contributed by atoms with Crippen molar-refractivity contribution in [1.29, 1.82) is 0 Å². The molecule has 4 heteroatoms. The molecule has 0 N–H and O–H groups in total. The van der Waals surface area contributed by atoms with E-state index in [4.69, 9.17) is 14.2 Å². The number of ether oxygens (including phenoxy) is 3. The Bertz CT molecular complexity index is 824. The molecule has 0 saturated heterocycles. The second-order valence-corrected chi connectivity index (χ2v) is 5.59. The van der Waals surface area contributed by atoms with Gasteiger partial charge >= 0.3 is 5.97 Å². The van der Waals surface area contributed by atoms with Crippen LogP contribution in [0.25, 0.3) is 0 Å². The van der Waals surface area contributed by atoms with Crippen LogP contribution in [0.1, 0.15) is 22.8 Å². The molecule has 0 bridgehead atoms. The summed E-state index contributed by atoms with van der Waals surface area (Å²) in [6, 6.07) is 23.7. The molecule has 0 heterocycles. The van der Waals surface area contributed by atoms with E-state index in [1.54, 1.807) is 24.3 Å². The highest BCUT2D eigenvalue weighted by atomic mass is 16.5. The van der Waals surface area contributed by atoms with Crippen molar-refractivity contribution in [2.24, 2.45) is 0 Å². The van der Waals surface area contributed by atoms with Gasteiger partial charge in [0.1, 0.15) is 23.9 Å². The minimum atomic E-state index is -0.379. The molecule has 132 valence electrons. The monoisotopic (exact) mass is 348 g/mol. The van der Waals surface area contributed by atoms with Crippen LogP contribution in [0.5, 0.6) is 17.2 Å². The van der Waals surface area contributed by atoms with E-state index in [0.717, 1.165) is 17.1 Å². The van der Waals surface area contributed by atoms with Crippen molar-refractivity contribution in [2.75, 3.05) is 6.61 Å². The van der Waals surface area contributed by atoms with E-state index in [1.807, 2.05) is 61.5 Å². The third kappa shape index (κ3) is 4.86. The maximum Gasteiger partial charge on any atom is 0.343 e. The molecule has 0 aliphatic carbocycles. The van der Waals surface area contributed by atoms with Crippen molar-refractivity contribution in [3.63, 3.8) is 0 Å². The fourth-order valence-electron chi connectivity index (χ4n) is 2.36. The predicted octanol–water partition coefficient (Wildman–Crippen LogP) is 4.88. The van der Waals surface area contributed by atoms with Crippen molar-refractivity contribution < 1.29 is 19.0 Å². The van der Waals surface area contributed by atoms with Gasteiger partial charge in [0.05, 0.1) is 12.2 Å². The van der Waals surface area contributed by atoms with E-state index in [-0.39, 0.29) is 5.97 Å². The van der Waals surface area contributed by atoms with Crippen molar-refractivity contribution in [3.05, 3.63) is 90.0 Å². The molecule has 0 amide bonds. The number of para-hydroxylation sites is 1. The molecular formula is C22H20O4. The highest BCUT2D eigenvalue weighted by molar-refractivity contribution is 5.91. The first-order valence-corrected chi connectivity index (χ1v) is 8.46. The number of carbonyl (C=O) groups excluding carboxylic acids is 1. The summed E-state index contributed by atoms with van der Waals surface area (Å²) in [7, 11) is 0. The lowest BCUT2D eigenvalue weighted by molar-refractivity contribution is 0.0734. The van der Waals surface area contributed by atoms with Gasteiger partial charge in [-0.25, -0.2) is 4.79 Å². The van der Waals surface area contributed by atoms with Gasteiger partial charge in [-0.15, -0.1) is 0 Å². The number of carbonyl (C=O) groups is 1. The van der Waals surface area contributed by atoms with Crippen LogP contribution in [0.3, 0.4) is 0 Å². The first-order valence-electron chi connectivity index (χ1n) is 8.46. The van der Waals surface area contributed by atoms with Gasteiger partial charge in [-0.3, -0.25) is 0 Å². The number of hydrogen-bond acceptors (Lipinski definition) is 4. The predicted molar refractivity (Wildman–Crippen MR) is 99.8 cm³/mol. The van der Waals surface area contributed by atoms with Crippen LogP contribution in [0.2, 0.25) is 0 Å². The lowest BCUT2D eigenvalue weighted by atomic mass is 10.1. The molecule has 0 spiro atoms. The minimum Gasteiger partial charge on any atom is -0.494 e. The highest BCUT2D eigenvalue weighted by Crippen LogP contribution is 2.19. The Morgan fingerprint density at radius 2 is 1.35 bits per heavy atom. The summed E-state index contributed by atoms with van der Waals surface area (Å²) in [5.41, 5.74) is 1.47. The molecular weight excluding hydrogens is 328 g/mol. The standard InChI is InChI=1S/C22H20O4/c1-2-24-19-12-14-20(15-13-19)25-16-17-8-10-18(11-9-17)22(23)26-21-6-4-3-5-7-21/h3-15H,2,16H2,1H3. The molecule has 4 nitrogen and oxygen atoms in total. The number of benzene rings is 3. The van der Waals surface area contributed by atoms with E-state index in [9.17, 15) is 4.79 Å². The number of rotatable bonds is 7. The van der Waals surface area contributed by atoms with E-state index in [2.05, 4.69) is 0 Å². The topological polar surface area (TPSA) is 44.8 Å². The second kappa shape index (κ2) is 8.72. The fourth-order valence-corrected chi connectivity index (χ4v) is 2.36. The lowest BCUT2D eigenvalue weighted by Gasteiger charge is -2.08. The Hall–Kier alpha value is -3.27. The van der Waals surface area contributed by atoms with Gasteiger partial charge in [0.25, 0.3) is 0 Å². The van der Waals surface area contributed by atoms with Gasteiger partial charge in [0, 0.05) is 0 Å². The molecule has 0 fully saturated rings. The third-order valence-electron chi connectivity index (χ3n) is 3.68. The van der Waals surface area contributed by atoms with E-state index < -0.39 is 0 Å². The molecule has 0 unspecified atom stereocenters. The Kier molecular flexibility index (Phi) is 5.88. The molecule has 0 aliphatic heterocycles. The van der Waals surface area contributed by atoms with Crippen molar-refractivity contribution >= 4 is 5.97 Å². The SMILES string of the molecule is CCOc1ccc(OCc2ccc(C(=O)Oc3ccccc3)cc2)cc1. The first-order chi connectivity index (χ1) is 12.7. The summed E-state index contributed by atoms with van der Waals surface area (Å²) in [5, 5.41) is 0. The molecule has 0 saturated carbocycles. The van der Waals surface area contributed by atoms with Crippen LogP contribution in [0, 0.1) is 0 Å². The van der Waals surface area contributed by atoms with E-state index in [0.29, 0.717) is 24.5 Å². The zero-order valence-electron chi connectivity index (χ0n) is 14.6. The maximum absolute atomic E-state index is 12.1. The molecule has 0 aliphatic rings. The fraction of sp³-hybridized carbons (Fsp3) is 0.136. The van der Waals surface area contributed by atoms with Gasteiger partial charge < -0.3 is 14.2 Å². The van der Waals surface area contributed by atoms with Gasteiger partial charge in [-0.2, -0.15) is 0 Å². The Morgan fingerprint density at radius 1 is 0.731 bits per heavy atom. The van der Waals surface area contributed by atoms with Crippen molar-refractivity contribution in [3.8, 4) is 17.2 Å². The van der Waals surface area contributed by atoms with Gasteiger partial charge in [0.2, 0.25) is 0 Å². The normalized spacial score (nSPS) is 10.2. The number of esters is 1. The summed E-state index contributed by atoms with van der Waals surface area (Å²) < 4.78 is 16.5. The zero-order valence-corrected chi connectivity index (χ0v) is 14.6. The molecule has 3 rings (SSSR count). The highest BCUT2D eigenvalue weighted by Gasteiger charge is 2.08. The largest absolute Gasteiger partial charge is 0.494 e. The Labute approximate surface area is 153 Å². The van der Waals surface area contributed by atoms with E-state index >= 15 is 0 Å². The summed E-state index contributed by atoms with van der Waals surface area (Å²) in [6.07, 6.45) is 0. The maximum atomic E-state index is 12.1. The molecule has 0 radical (unpaired) electrons. The summed E-state index contributed by atoms with van der Waals surface area (Å²) >= 11 is 0. The van der Waals surface area contributed by atoms with Crippen molar-refractivity contribution in [2.45, 2.75) is 13.5 Å². The van der Waals surface area contributed by atoms with Gasteiger partial charge in [-0.1, -0.05) is 30.3 Å². The average molecular weight is 348 g/mol. The molecule has 0 aromatic heterocycles. The third-order valence-corrected chi connectivity index (χ3v) is 3.68. The summed E-state index contributed by atoms with van der Waals surface area (Å²) in [5.74, 6) is 1.73. The van der Waals surface area contributed by atoms with Crippen LogP contribution in [0.15, 0.2) is 78.9 Å². The molecule has 3 aromatic carbocycles. The van der Waals surface area contributed by atoms with Crippen LogP contribution in [0.4, 0.5) is 0 Å². The van der Waals surface area contributed by atoms with Crippen LogP contribution in [-0.2, 0) is 6.61 Å². The number of hydrogen-bond donors (Lipinski definition) is 0. The summed E-state index contributed by atoms with van der Waals surface area (Å²) in [4.78, 5) is 12.1. The first kappa shape index (κ1) is 17.5. The lowest BCUT2D eigenvalue weighted by Crippen LogP contribution is -2.08. The van der Waals surface area contributed by atoms with Crippen LogP contribution < -0.4 is 14.2 Å². The molecule has 26 heavy (non-hydrogen) atoms. The Morgan fingerprint density at radius 3 is 1.96 bits per heavy atom. The molecule has 0 atom stereocenters. The molecule has 3 aromatic rings. The minimum absolute atomic E-state index is 0.379. The zero-order chi connectivity index (χ0) is 18.2. The van der Waals surface area contributed by atoms with Gasteiger partial charge in [0.15, 0.2) is 0 Å². The quantitative estimate of drug-likeness (QED) is 0.451. The van der Waals surface area contributed by atoms with Gasteiger partial charge in [-0.05, 0) is 61.0 Å². The van der Waals surface area contributed by atoms with Crippen LogP contribution in [-0.4, -0.2) is 12.6 Å².